The van der Waals surface area contributed by atoms with Crippen molar-refractivity contribution < 1.29 is 4.39 Å². The lowest BCUT2D eigenvalue weighted by Crippen LogP contribution is -2.40. The van der Waals surface area contributed by atoms with Crippen molar-refractivity contribution in [1.82, 2.24) is 5.43 Å². The van der Waals surface area contributed by atoms with Crippen molar-refractivity contribution in [2.24, 2.45) is 35.4 Å². The Kier molecular flexibility index (Phi) is 3.06. The van der Waals surface area contributed by atoms with Crippen LogP contribution in [-0.2, 0) is 6.42 Å². The number of hydrogen-bond donors (Lipinski definition) is 2. The zero-order chi connectivity index (χ0) is 13.9. The van der Waals surface area contributed by atoms with E-state index >= 15 is 0 Å². The van der Waals surface area contributed by atoms with Crippen molar-refractivity contribution in [3.05, 3.63) is 34.6 Å². The quantitative estimate of drug-likeness (QED) is 0.661. The summed E-state index contributed by atoms with van der Waals surface area (Å²) in [5.74, 6) is 9.86. The van der Waals surface area contributed by atoms with Gasteiger partial charge in [0.25, 0.3) is 0 Å². The second-order valence-corrected chi connectivity index (χ2v) is 7.19. The highest BCUT2D eigenvalue weighted by atomic mass is 35.5. The van der Waals surface area contributed by atoms with Crippen LogP contribution >= 0.6 is 11.6 Å². The summed E-state index contributed by atoms with van der Waals surface area (Å²) in [6.07, 6.45) is 5.07. The second kappa shape index (κ2) is 4.69. The summed E-state index contributed by atoms with van der Waals surface area (Å²) in [7, 11) is 0. The number of nitrogens with one attached hydrogen (secondary N) is 1. The maximum absolute atomic E-state index is 13.1. The molecule has 0 radical (unpaired) electrons. The van der Waals surface area contributed by atoms with Crippen molar-refractivity contribution in [3.8, 4) is 0 Å². The summed E-state index contributed by atoms with van der Waals surface area (Å²) in [6.45, 7) is 0. The largest absolute Gasteiger partial charge is 0.271 e. The minimum atomic E-state index is -0.280. The molecule has 0 amide bonds. The number of benzene rings is 1. The van der Waals surface area contributed by atoms with Crippen LogP contribution in [0, 0.1) is 35.4 Å². The molecule has 3 N–H and O–H groups in total. The van der Waals surface area contributed by atoms with E-state index in [1.54, 1.807) is 6.07 Å². The van der Waals surface area contributed by atoms with Crippen LogP contribution in [0.2, 0.25) is 5.02 Å². The lowest BCUT2D eigenvalue weighted by atomic mass is 9.93. The highest BCUT2D eigenvalue weighted by molar-refractivity contribution is 6.31. The average molecular weight is 295 g/mol. The van der Waals surface area contributed by atoms with Crippen LogP contribution in [0.3, 0.4) is 0 Å². The third kappa shape index (κ3) is 1.91. The second-order valence-electron chi connectivity index (χ2n) is 6.78. The third-order valence-corrected chi connectivity index (χ3v) is 6.28. The summed E-state index contributed by atoms with van der Waals surface area (Å²) < 4.78 is 13.1. The predicted octanol–water partition coefficient (Wildman–Crippen LogP) is 3.15. The Morgan fingerprint density at radius 1 is 1.30 bits per heavy atom. The highest BCUT2D eigenvalue weighted by Crippen LogP contribution is 2.70. The molecule has 2 nitrogen and oxygen atoms in total. The zero-order valence-corrected chi connectivity index (χ0v) is 12.1. The van der Waals surface area contributed by atoms with Gasteiger partial charge in [-0.05, 0) is 73.0 Å². The van der Waals surface area contributed by atoms with Gasteiger partial charge in [-0.2, -0.15) is 0 Å². The van der Waals surface area contributed by atoms with E-state index in [4.69, 9.17) is 17.4 Å². The molecule has 3 aliphatic rings. The molecule has 2 bridgehead atoms. The molecule has 20 heavy (non-hydrogen) atoms. The number of halogens is 2. The smallest absolute Gasteiger partial charge is 0.124 e. The first-order valence-corrected chi connectivity index (χ1v) is 7.97. The van der Waals surface area contributed by atoms with Gasteiger partial charge in [-0.25, -0.2) is 4.39 Å². The molecule has 4 rings (SSSR count). The third-order valence-electron chi connectivity index (χ3n) is 5.93. The lowest BCUT2D eigenvalue weighted by molar-refractivity contribution is 0.365. The van der Waals surface area contributed by atoms with Gasteiger partial charge in [0.2, 0.25) is 0 Å². The Bertz CT molecular complexity index is 519. The molecule has 1 aromatic rings. The van der Waals surface area contributed by atoms with E-state index < -0.39 is 0 Å². The summed E-state index contributed by atoms with van der Waals surface area (Å²) in [5.41, 5.74) is 3.99. The van der Waals surface area contributed by atoms with E-state index in [-0.39, 0.29) is 11.9 Å². The van der Waals surface area contributed by atoms with E-state index in [2.05, 4.69) is 5.43 Å². The number of hydrazine groups is 1. The van der Waals surface area contributed by atoms with Crippen LogP contribution in [0.1, 0.15) is 24.8 Å². The Hall–Kier alpha value is -0.640. The van der Waals surface area contributed by atoms with Crippen molar-refractivity contribution in [2.75, 3.05) is 0 Å². The Labute approximate surface area is 123 Å². The van der Waals surface area contributed by atoms with E-state index in [9.17, 15) is 4.39 Å². The monoisotopic (exact) mass is 294 g/mol. The van der Waals surface area contributed by atoms with Gasteiger partial charge in [-0.3, -0.25) is 11.3 Å². The van der Waals surface area contributed by atoms with Gasteiger partial charge in [0.05, 0.1) is 0 Å². The standard InChI is InChI=1S/C16H20ClFN2/c17-12-7-11(18)4-3-8(12)6-13(20-19)16-14-9-1-2-10(5-9)15(14)16/h3-4,7,9-10,13-16,20H,1-2,5-6,19H2. The fourth-order valence-corrected chi connectivity index (χ4v) is 5.41. The summed E-state index contributed by atoms with van der Waals surface area (Å²) >= 11 is 6.14. The number of nitrogens with two attached hydrogens (primary N) is 1. The summed E-state index contributed by atoms with van der Waals surface area (Å²) in [6, 6.07) is 4.93. The minimum Gasteiger partial charge on any atom is -0.271 e. The predicted molar refractivity (Wildman–Crippen MR) is 77.5 cm³/mol. The Morgan fingerprint density at radius 2 is 2.00 bits per heavy atom. The van der Waals surface area contributed by atoms with Gasteiger partial charge in [0, 0.05) is 11.1 Å². The first-order chi connectivity index (χ1) is 9.69. The first kappa shape index (κ1) is 13.1. The summed E-state index contributed by atoms with van der Waals surface area (Å²) in [5, 5.41) is 0.513. The first-order valence-electron chi connectivity index (χ1n) is 7.59. The molecule has 0 saturated heterocycles. The van der Waals surface area contributed by atoms with Crippen LogP contribution in [0.25, 0.3) is 0 Å². The van der Waals surface area contributed by atoms with Gasteiger partial charge in [0.15, 0.2) is 0 Å². The fourth-order valence-electron chi connectivity index (χ4n) is 5.16. The molecule has 1 aromatic carbocycles. The van der Waals surface area contributed by atoms with E-state index in [0.717, 1.165) is 35.7 Å². The van der Waals surface area contributed by atoms with Gasteiger partial charge in [-0.1, -0.05) is 17.7 Å². The topological polar surface area (TPSA) is 38.0 Å². The molecule has 108 valence electrons. The van der Waals surface area contributed by atoms with Gasteiger partial charge in [0.1, 0.15) is 5.82 Å². The molecule has 3 aliphatic carbocycles. The Morgan fingerprint density at radius 3 is 2.60 bits per heavy atom. The molecule has 0 heterocycles. The van der Waals surface area contributed by atoms with Crippen molar-refractivity contribution in [3.63, 3.8) is 0 Å². The van der Waals surface area contributed by atoms with Crippen LogP contribution in [0.5, 0.6) is 0 Å². The normalized spacial score (nSPS) is 38.9. The fraction of sp³-hybridized carbons (Fsp3) is 0.625. The lowest BCUT2D eigenvalue weighted by Gasteiger charge is -2.20. The van der Waals surface area contributed by atoms with Gasteiger partial charge >= 0.3 is 0 Å². The molecule has 5 unspecified atom stereocenters. The molecule has 0 aliphatic heterocycles. The van der Waals surface area contributed by atoms with E-state index in [0.29, 0.717) is 10.9 Å². The molecule has 5 atom stereocenters. The highest BCUT2D eigenvalue weighted by Gasteiger charge is 2.66. The van der Waals surface area contributed by atoms with E-state index in [1.807, 2.05) is 0 Å². The maximum Gasteiger partial charge on any atom is 0.124 e. The Balaban J connectivity index is 1.50. The number of hydrogen-bond acceptors (Lipinski definition) is 2. The molecular weight excluding hydrogens is 275 g/mol. The van der Waals surface area contributed by atoms with E-state index in [1.165, 1.54) is 31.4 Å². The van der Waals surface area contributed by atoms with Crippen LogP contribution < -0.4 is 11.3 Å². The van der Waals surface area contributed by atoms with Crippen molar-refractivity contribution in [2.45, 2.75) is 31.7 Å². The van der Waals surface area contributed by atoms with Crippen LogP contribution in [0.4, 0.5) is 4.39 Å². The van der Waals surface area contributed by atoms with Gasteiger partial charge in [-0.15, -0.1) is 0 Å². The number of rotatable bonds is 4. The van der Waals surface area contributed by atoms with Crippen LogP contribution in [0.15, 0.2) is 18.2 Å². The minimum absolute atomic E-state index is 0.274. The van der Waals surface area contributed by atoms with Crippen molar-refractivity contribution >= 4 is 11.6 Å². The molecule has 4 heteroatoms. The number of fused-ring (bicyclic) bond motifs is 5. The average Bonchev–Trinajstić information content (AvgIpc) is 2.86. The van der Waals surface area contributed by atoms with Crippen molar-refractivity contribution in [1.29, 1.82) is 0 Å². The molecule has 0 aromatic heterocycles. The molecule has 0 spiro atoms. The molecular formula is C16H20ClFN2. The maximum atomic E-state index is 13.1. The SMILES string of the molecule is NNC(Cc1ccc(F)cc1Cl)C1C2C3CCC(C3)C21. The molecule has 3 fully saturated rings. The van der Waals surface area contributed by atoms with Crippen LogP contribution in [-0.4, -0.2) is 6.04 Å². The molecule has 3 saturated carbocycles. The zero-order valence-electron chi connectivity index (χ0n) is 11.4. The summed E-state index contributed by atoms with van der Waals surface area (Å²) in [4.78, 5) is 0. The van der Waals surface area contributed by atoms with Gasteiger partial charge < -0.3 is 0 Å².